The van der Waals surface area contributed by atoms with Crippen LogP contribution in [-0.2, 0) is 14.5 Å². The quantitative estimate of drug-likeness (QED) is 0.262. The highest BCUT2D eigenvalue weighted by molar-refractivity contribution is 8.00. The van der Waals surface area contributed by atoms with Gasteiger partial charge in [0.15, 0.2) is 6.10 Å². The van der Waals surface area contributed by atoms with Gasteiger partial charge in [0.1, 0.15) is 36.1 Å². The van der Waals surface area contributed by atoms with Crippen LogP contribution < -0.4 is 19.5 Å². The third-order valence-electron chi connectivity index (χ3n) is 6.60. The Balaban J connectivity index is 1.70. The highest BCUT2D eigenvalue weighted by Gasteiger charge is 2.38. The summed E-state index contributed by atoms with van der Waals surface area (Å²) in [4.78, 5) is 24.3. The number of halogens is 4. The van der Waals surface area contributed by atoms with E-state index in [0.29, 0.717) is 47.5 Å². The number of amides is 1. The number of anilines is 3. The number of hydrogen-bond donors (Lipinski definition) is 2. The molecule has 4 rings (SSSR count). The van der Waals surface area contributed by atoms with E-state index in [4.69, 9.17) is 9.47 Å². The average molecular weight is 613 g/mol. The molecule has 0 spiro atoms. The molecule has 2 aromatic carbocycles. The zero-order valence-electron chi connectivity index (χ0n) is 23.5. The lowest BCUT2D eigenvalue weighted by Crippen LogP contribution is -2.49. The van der Waals surface area contributed by atoms with Crippen molar-refractivity contribution >= 4 is 49.6 Å². The molecule has 1 aliphatic rings. The molecule has 2 atom stereocenters. The normalized spacial score (nSPS) is 16.7. The summed E-state index contributed by atoms with van der Waals surface area (Å²) < 4.78 is 80.2. The number of aromatic nitrogens is 2. The Labute approximate surface area is 241 Å². The smallest absolute Gasteiger partial charge is 0.425 e. The van der Waals surface area contributed by atoms with Crippen molar-refractivity contribution in [2.45, 2.75) is 26.1 Å². The lowest BCUT2D eigenvalue weighted by atomic mass is 10.1. The van der Waals surface area contributed by atoms with E-state index in [1.165, 1.54) is 18.6 Å². The van der Waals surface area contributed by atoms with E-state index < -0.39 is 27.8 Å². The van der Waals surface area contributed by atoms with Gasteiger partial charge in [-0.1, -0.05) is 0 Å². The SMILES string of the molecule is C=S(C)(=O)Nc1cc2ncnc(Nc3ccc(F)cc3OC(C)C(F)(F)F)c2c(C)c1OCCN1CCN(C)C(=O)C1. The van der Waals surface area contributed by atoms with Crippen LogP contribution in [0.15, 0.2) is 30.6 Å². The molecule has 1 amide bonds. The van der Waals surface area contributed by atoms with Crippen LogP contribution in [0.4, 0.5) is 34.8 Å². The first-order valence-corrected chi connectivity index (χ1v) is 15.0. The fraction of sp³-hybridized carbons (Fsp3) is 0.407. The van der Waals surface area contributed by atoms with Gasteiger partial charge in [0, 0.05) is 59.7 Å². The van der Waals surface area contributed by atoms with Gasteiger partial charge < -0.3 is 24.4 Å². The summed E-state index contributed by atoms with van der Waals surface area (Å²) >= 11 is 0. The van der Waals surface area contributed by atoms with E-state index in [-0.39, 0.29) is 36.3 Å². The van der Waals surface area contributed by atoms with Gasteiger partial charge in [0.05, 0.1) is 23.4 Å². The fourth-order valence-electron chi connectivity index (χ4n) is 4.34. The van der Waals surface area contributed by atoms with Crippen LogP contribution >= 0.6 is 0 Å². The first kappa shape index (κ1) is 31.1. The number of nitrogens with zero attached hydrogens (tertiary/aromatic N) is 4. The number of carbonyl (C=O) groups excluding carboxylic acids is 1. The molecule has 2 unspecified atom stereocenters. The minimum absolute atomic E-state index is 0.00917. The minimum atomic E-state index is -4.67. The molecular formula is C27H32F4N6O4S. The number of benzene rings is 2. The summed E-state index contributed by atoms with van der Waals surface area (Å²) in [6.45, 7) is 4.75. The van der Waals surface area contributed by atoms with Gasteiger partial charge in [0.2, 0.25) is 5.91 Å². The molecule has 3 aromatic rings. The highest BCUT2D eigenvalue weighted by atomic mass is 32.2. The molecular weight excluding hydrogens is 580 g/mol. The zero-order valence-corrected chi connectivity index (χ0v) is 24.4. The van der Waals surface area contributed by atoms with Crippen molar-refractivity contribution in [3.05, 3.63) is 42.0 Å². The molecule has 0 radical (unpaired) electrons. The second kappa shape index (κ2) is 12.2. The summed E-state index contributed by atoms with van der Waals surface area (Å²) in [5, 5.41) is 3.40. The number of hydrogen-bond acceptors (Lipinski definition) is 8. The maximum Gasteiger partial charge on any atom is 0.425 e. The van der Waals surface area contributed by atoms with Crippen LogP contribution in [-0.4, -0.2) is 94.1 Å². The second-order valence-electron chi connectivity index (χ2n) is 10.1. The predicted octanol–water partition coefficient (Wildman–Crippen LogP) is 3.98. The molecule has 228 valence electrons. The largest absolute Gasteiger partial charge is 0.490 e. The van der Waals surface area contributed by atoms with Gasteiger partial charge in [-0.05, 0) is 37.9 Å². The number of aryl methyl sites for hydroxylation is 1. The Kier molecular flexibility index (Phi) is 9.01. The number of rotatable bonds is 10. The zero-order chi connectivity index (χ0) is 30.8. The Morgan fingerprint density at radius 3 is 2.60 bits per heavy atom. The number of piperazine rings is 1. The molecule has 2 N–H and O–H groups in total. The Bertz CT molecular complexity index is 1590. The molecule has 15 heteroatoms. The topological polar surface area (TPSA) is 109 Å². The molecule has 1 aromatic heterocycles. The van der Waals surface area contributed by atoms with E-state index in [9.17, 15) is 26.6 Å². The van der Waals surface area contributed by atoms with Crippen LogP contribution in [0.2, 0.25) is 0 Å². The third-order valence-corrected chi connectivity index (χ3v) is 7.25. The predicted molar refractivity (Wildman–Crippen MR) is 154 cm³/mol. The molecule has 1 saturated heterocycles. The average Bonchev–Trinajstić information content (AvgIpc) is 2.88. The third kappa shape index (κ3) is 7.50. The first-order valence-electron chi connectivity index (χ1n) is 12.9. The van der Waals surface area contributed by atoms with E-state index >= 15 is 0 Å². The molecule has 1 aliphatic heterocycles. The molecule has 1 fully saturated rings. The molecule has 42 heavy (non-hydrogen) atoms. The number of fused-ring (bicyclic) bond motifs is 1. The van der Waals surface area contributed by atoms with Gasteiger partial charge in [-0.15, -0.1) is 0 Å². The molecule has 0 saturated carbocycles. The maximum absolute atomic E-state index is 14.0. The van der Waals surface area contributed by atoms with Gasteiger partial charge in [-0.2, -0.15) is 13.2 Å². The van der Waals surface area contributed by atoms with Crippen molar-refractivity contribution in [2.24, 2.45) is 0 Å². The number of carbonyl (C=O) groups is 1. The van der Waals surface area contributed by atoms with E-state index in [2.05, 4.69) is 25.9 Å². The van der Waals surface area contributed by atoms with Crippen molar-refractivity contribution < 1.29 is 36.0 Å². The molecule has 0 aliphatic carbocycles. The Hall–Kier alpha value is -3.85. The van der Waals surface area contributed by atoms with Crippen molar-refractivity contribution in [3.63, 3.8) is 0 Å². The van der Waals surface area contributed by atoms with Crippen LogP contribution in [0.3, 0.4) is 0 Å². The van der Waals surface area contributed by atoms with Gasteiger partial charge in [-0.3, -0.25) is 9.69 Å². The van der Waals surface area contributed by atoms with Crippen molar-refractivity contribution in [3.8, 4) is 11.5 Å². The summed E-state index contributed by atoms with van der Waals surface area (Å²) in [7, 11) is -0.980. The van der Waals surface area contributed by atoms with Crippen molar-refractivity contribution in [1.82, 2.24) is 19.8 Å². The Morgan fingerprint density at radius 2 is 1.93 bits per heavy atom. The van der Waals surface area contributed by atoms with E-state index in [1.807, 2.05) is 4.90 Å². The van der Waals surface area contributed by atoms with E-state index in [1.54, 1.807) is 24.9 Å². The molecule has 2 heterocycles. The fourth-order valence-corrected chi connectivity index (χ4v) is 4.96. The van der Waals surface area contributed by atoms with Gasteiger partial charge in [-0.25, -0.2) is 18.6 Å². The molecule has 10 nitrogen and oxygen atoms in total. The lowest BCUT2D eigenvalue weighted by molar-refractivity contribution is -0.189. The summed E-state index contributed by atoms with van der Waals surface area (Å²) in [6.07, 6.45) is -4.19. The van der Waals surface area contributed by atoms with Crippen LogP contribution in [0, 0.1) is 12.7 Å². The maximum atomic E-state index is 14.0. The second-order valence-corrected chi connectivity index (χ2v) is 12.3. The van der Waals surface area contributed by atoms with Crippen LogP contribution in [0.25, 0.3) is 10.9 Å². The standard InChI is InChI=1S/C27H32F4N6O4S/c1-16-24-20(13-21(35-42(4,5)39)25(16)40-11-10-37-9-8-36(3)23(38)14-37)32-15-33-26(24)34-19-7-6-18(28)12-22(19)41-17(2)27(29,30)31/h6-7,12-13,15,17H,4,8-11,14H2,1-3,5H3,(H,35,39)(H,32,33,34). The highest BCUT2D eigenvalue weighted by Crippen LogP contribution is 2.40. The first-order chi connectivity index (χ1) is 19.6. The summed E-state index contributed by atoms with van der Waals surface area (Å²) in [6, 6.07) is 4.78. The Morgan fingerprint density at radius 1 is 1.19 bits per heavy atom. The van der Waals surface area contributed by atoms with Crippen LogP contribution in [0.1, 0.15) is 12.5 Å². The van der Waals surface area contributed by atoms with E-state index in [0.717, 1.165) is 19.1 Å². The van der Waals surface area contributed by atoms with Crippen LogP contribution in [0.5, 0.6) is 11.5 Å². The number of alkyl halides is 3. The van der Waals surface area contributed by atoms with Crippen molar-refractivity contribution in [2.75, 3.05) is 56.1 Å². The number of nitrogens with one attached hydrogen (secondary N) is 2. The molecule has 0 bridgehead atoms. The van der Waals surface area contributed by atoms with Gasteiger partial charge in [0.25, 0.3) is 0 Å². The summed E-state index contributed by atoms with van der Waals surface area (Å²) in [5.41, 5.74) is 1.35. The summed E-state index contributed by atoms with van der Waals surface area (Å²) in [5.74, 6) is 3.06. The van der Waals surface area contributed by atoms with Gasteiger partial charge >= 0.3 is 6.18 Å². The minimum Gasteiger partial charge on any atom is -0.490 e. The van der Waals surface area contributed by atoms with Crippen molar-refractivity contribution in [1.29, 1.82) is 0 Å². The lowest BCUT2D eigenvalue weighted by Gasteiger charge is -2.31. The number of likely N-dealkylation sites (N-methyl/N-ethyl adjacent to an activating group) is 1. The monoisotopic (exact) mass is 612 g/mol. The number of ether oxygens (including phenoxy) is 2.